The summed E-state index contributed by atoms with van der Waals surface area (Å²) in [7, 11) is 0. The number of aromatic nitrogens is 1. The minimum atomic E-state index is 0.0701. The van der Waals surface area contributed by atoms with Crippen LogP contribution in [0.1, 0.15) is 52.7 Å². The van der Waals surface area contributed by atoms with E-state index in [9.17, 15) is 0 Å². The molecule has 1 rings (SSSR count). The number of hydrogen-bond donors (Lipinski definition) is 0. The van der Waals surface area contributed by atoms with Crippen molar-refractivity contribution in [2.75, 3.05) is 0 Å². The Kier molecular flexibility index (Phi) is 3.35. The van der Waals surface area contributed by atoms with Crippen LogP contribution in [-0.4, -0.2) is 4.98 Å². The minimum absolute atomic E-state index is 0.0701. The fraction of sp³-hybridized carbons (Fsp3) is 0.750. The molecular formula is C12H21NO. The zero-order valence-electron chi connectivity index (χ0n) is 9.92. The molecular weight excluding hydrogens is 174 g/mol. The maximum Gasteiger partial charge on any atom is 0.194 e. The van der Waals surface area contributed by atoms with Crippen molar-refractivity contribution in [3.05, 3.63) is 17.8 Å². The number of oxazole rings is 1. The van der Waals surface area contributed by atoms with Gasteiger partial charge in [-0.15, -0.1) is 0 Å². The lowest BCUT2D eigenvalue weighted by Crippen LogP contribution is -2.09. The smallest absolute Gasteiger partial charge is 0.194 e. The summed E-state index contributed by atoms with van der Waals surface area (Å²) in [6, 6.07) is 0. The maximum absolute atomic E-state index is 5.71. The van der Waals surface area contributed by atoms with Gasteiger partial charge in [-0.3, -0.25) is 0 Å². The first-order valence-corrected chi connectivity index (χ1v) is 5.38. The molecule has 1 aromatic rings. The molecule has 1 aromatic heterocycles. The topological polar surface area (TPSA) is 26.0 Å². The van der Waals surface area contributed by atoms with Crippen LogP contribution in [0.25, 0.3) is 0 Å². The molecule has 2 nitrogen and oxygen atoms in total. The van der Waals surface area contributed by atoms with Gasteiger partial charge in [0.1, 0.15) is 5.76 Å². The third kappa shape index (κ3) is 2.86. The Morgan fingerprint density at radius 2 is 2.07 bits per heavy atom. The molecule has 1 heterocycles. The standard InChI is InChI=1S/C12H21NO/c1-6-9(2)7-11-13-8-10(14-11)12(3,4)5/h8-9H,6-7H2,1-5H3. The lowest BCUT2D eigenvalue weighted by Gasteiger charge is -2.13. The van der Waals surface area contributed by atoms with E-state index < -0.39 is 0 Å². The first kappa shape index (κ1) is 11.3. The van der Waals surface area contributed by atoms with Gasteiger partial charge in [0.25, 0.3) is 0 Å². The van der Waals surface area contributed by atoms with Gasteiger partial charge in [0.05, 0.1) is 6.20 Å². The summed E-state index contributed by atoms with van der Waals surface area (Å²) in [4.78, 5) is 4.30. The van der Waals surface area contributed by atoms with Crippen LogP contribution in [0, 0.1) is 5.92 Å². The minimum Gasteiger partial charge on any atom is -0.445 e. The summed E-state index contributed by atoms with van der Waals surface area (Å²) in [5.74, 6) is 2.52. The van der Waals surface area contributed by atoms with E-state index in [-0.39, 0.29) is 5.41 Å². The highest BCUT2D eigenvalue weighted by molar-refractivity contribution is 5.06. The van der Waals surface area contributed by atoms with Crippen molar-refractivity contribution in [3.8, 4) is 0 Å². The van der Waals surface area contributed by atoms with Gasteiger partial charge in [0.15, 0.2) is 5.89 Å². The van der Waals surface area contributed by atoms with Crippen molar-refractivity contribution >= 4 is 0 Å². The molecule has 1 unspecified atom stereocenters. The number of hydrogen-bond acceptors (Lipinski definition) is 2. The third-order valence-corrected chi connectivity index (χ3v) is 2.51. The Morgan fingerprint density at radius 1 is 1.43 bits per heavy atom. The van der Waals surface area contributed by atoms with Crippen LogP contribution in [0.5, 0.6) is 0 Å². The van der Waals surface area contributed by atoms with Crippen molar-refractivity contribution in [1.82, 2.24) is 4.98 Å². The predicted molar refractivity (Wildman–Crippen MR) is 58.4 cm³/mol. The molecule has 2 heteroatoms. The molecule has 80 valence electrons. The highest BCUT2D eigenvalue weighted by atomic mass is 16.4. The first-order chi connectivity index (χ1) is 6.43. The normalized spacial score (nSPS) is 14.4. The highest BCUT2D eigenvalue weighted by Gasteiger charge is 2.19. The second-order valence-corrected chi connectivity index (χ2v) is 5.09. The highest BCUT2D eigenvalue weighted by Crippen LogP contribution is 2.23. The molecule has 0 fully saturated rings. The lowest BCUT2D eigenvalue weighted by atomic mass is 9.94. The second-order valence-electron chi connectivity index (χ2n) is 5.09. The quantitative estimate of drug-likeness (QED) is 0.737. The average molecular weight is 195 g/mol. The van der Waals surface area contributed by atoms with Crippen LogP contribution in [-0.2, 0) is 11.8 Å². The van der Waals surface area contributed by atoms with Crippen LogP contribution in [0.2, 0.25) is 0 Å². The zero-order valence-corrected chi connectivity index (χ0v) is 9.92. The van der Waals surface area contributed by atoms with E-state index in [2.05, 4.69) is 39.6 Å². The lowest BCUT2D eigenvalue weighted by molar-refractivity contribution is 0.364. The largest absolute Gasteiger partial charge is 0.445 e. The van der Waals surface area contributed by atoms with E-state index in [1.54, 1.807) is 0 Å². The van der Waals surface area contributed by atoms with Gasteiger partial charge in [0.2, 0.25) is 0 Å². The zero-order chi connectivity index (χ0) is 10.8. The molecule has 0 N–H and O–H groups in total. The number of nitrogens with zero attached hydrogens (tertiary/aromatic N) is 1. The first-order valence-electron chi connectivity index (χ1n) is 5.38. The Labute approximate surface area is 86.7 Å². The second kappa shape index (κ2) is 4.16. The Bertz CT molecular complexity index is 283. The summed E-state index contributed by atoms with van der Waals surface area (Å²) in [6.07, 6.45) is 3.98. The average Bonchev–Trinajstić information content (AvgIpc) is 2.51. The Balaban J connectivity index is 2.69. The van der Waals surface area contributed by atoms with Crippen LogP contribution in [0.4, 0.5) is 0 Å². The monoisotopic (exact) mass is 195 g/mol. The van der Waals surface area contributed by atoms with Crippen LogP contribution < -0.4 is 0 Å². The summed E-state index contributed by atoms with van der Waals surface area (Å²) in [5, 5.41) is 0. The molecule has 0 aliphatic rings. The van der Waals surface area contributed by atoms with Crippen molar-refractivity contribution in [2.24, 2.45) is 5.92 Å². The van der Waals surface area contributed by atoms with Gasteiger partial charge in [-0.25, -0.2) is 4.98 Å². The molecule has 0 amide bonds. The summed E-state index contributed by atoms with van der Waals surface area (Å²) in [5.41, 5.74) is 0.0701. The summed E-state index contributed by atoms with van der Waals surface area (Å²) >= 11 is 0. The van der Waals surface area contributed by atoms with E-state index in [0.717, 1.165) is 18.1 Å². The van der Waals surface area contributed by atoms with Gasteiger partial charge in [-0.2, -0.15) is 0 Å². The van der Waals surface area contributed by atoms with Crippen LogP contribution in [0.3, 0.4) is 0 Å². The Morgan fingerprint density at radius 3 is 2.50 bits per heavy atom. The Hall–Kier alpha value is -0.790. The van der Waals surface area contributed by atoms with Crippen LogP contribution >= 0.6 is 0 Å². The van der Waals surface area contributed by atoms with Gasteiger partial charge in [0, 0.05) is 11.8 Å². The van der Waals surface area contributed by atoms with E-state index in [4.69, 9.17) is 4.42 Å². The van der Waals surface area contributed by atoms with Crippen molar-refractivity contribution in [3.63, 3.8) is 0 Å². The molecule has 14 heavy (non-hydrogen) atoms. The predicted octanol–water partition coefficient (Wildman–Crippen LogP) is 3.56. The fourth-order valence-corrected chi connectivity index (χ4v) is 1.19. The van der Waals surface area contributed by atoms with Crippen molar-refractivity contribution in [1.29, 1.82) is 0 Å². The summed E-state index contributed by atoms with van der Waals surface area (Å²) in [6.45, 7) is 10.8. The molecule has 0 aliphatic heterocycles. The van der Waals surface area contributed by atoms with Crippen molar-refractivity contribution < 1.29 is 4.42 Å². The molecule has 1 atom stereocenters. The maximum atomic E-state index is 5.71. The molecule has 0 aromatic carbocycles. The molecule has 0 aliphatic carbocycles. The molecule has 0 bridgehead atoms. The number of rotatable bonds is 3. The summed E-state index contributed by atoms with van der Waals surface area (Å²) < 4.78 is 5.71. The van der Waals surface area contributed by atoms with Gasteiger partial charge < -0.3 is 4.42 Å². The van der Waals surface area contributed by atoms with E-state index >= 15 is 0 Å². The molecule has 0 spiro atoms. The molecule has 0 saturated heterocycles. The molecule has 0 saturated carbocycles. The van der Waals surface area contributed by atoms with E-state index in [0.29, 0.717) is 5.92 Å². The van der Waals surface area contributed by atoms with Crippen molar-refractivity contribution in [2.45, 2.75) is 52.9 Å². The molecule has 0 radical (unpaired) electrons. The third-order valence-electron chi connectivity index (χ3n) is 2.51. The van der Waals surface area contributed by atoms with Gasteiger partial charge >= 0.3 is 0 Å². The fourth-order valence-electron chi connectivity index (χ4n) is 1.19. The van der Waals surface area contributed by atoms with Gasteiger partial charge in [-0.05, 0) is 5.92 Å². The van der Waals surface area contributed by atoms with E-state index in [1.165, 1.54) is 6.42 Å². The van der Waals surface area contributed by atoms with Crippen LogP contribution in [0.15, 0.2) is 10.6 Å². The van der Waals surface area contributed by atoms with E-state index in [1.807, 2.05) is 6.20 Å². The van der Waals surface area contributed by atoms with Gasteiger partial charge in [-0.1, -0.05) is 41.0 Å². The SMILES string of the molecule is CCC(C)Cc1ncc(C(C)(C)C)o1.